The summed E-state index contributed by atoms with van der Waals surface area (Å²) in [5, 5.41) is 0. The number of carbonyl (C=O) groups excluding carboxylic acids is 3. The average Bonchev–Trinajstić information content (AvgIpc) is 2.50. The van der Waals surface area contributed by atoms with E-state index < -0.39 is 17.9 Å². The first kappa shape index (κ1) is 21.5. The quantitative estimate of drug-likeness (QED) is 0.287. The van der Waals surface area contributed by atoms with E-state index in [9.17, 15) is 14.4 Å². The molecule has 0 saturated heterocycles. The SMILES string of the molecule is CCCCCCC(C(=O)CCSC)C(=O)OC(=O)CCSC. The Bertz CT molecular complexity index is 345. The summed E-state index contributed by atoms with van der Waals surface area (Å²) in [6, 6.07) is 0. The van der Waals surface area contributed by atoms with Gasteiger partial charge in [0.05, 0.1) is 6.42 Å². The van der Waals surface area contributed by atoms with Crippen LogP contribution in [-0.2, 0) is 19.1 Å². The predicted octanol–water partition coefficient (Wildman–Crippen LogP) is 3.72. The van der Waals surface area contributed by atoms with E-state index in [1.807, 2.05) is 12.5 Å². The molecule has 22 heavy (non-hydrogen) atoms. The number of hydrogen-bond donors (Lipinski definition) is 0. The lowest BCUT2D eigenvalue weighted by molar-refractivity contribution is -0.163. The number of esters is 2. The largest absolute Gasteiger partial charge is 0.393 e. The maximum absolute atomic E-state index is 12.2. The Morgan fingerprint density at radius 1 is 0.955 bits per heavy atom. The summed E-state index contributed by atoms with van der Waals surface area (Å²) in [6.45, 7) is 2.11. The van der Waals surface area contributed by atoms with Crippen LogP contribution in [0.1, 0.15) is 51.9 Å². The van der Waals surface area contributed by atoms with Crippen molar-refractivity contribution in [2.24, 2.45) is 5.92 Å². The molecular formula is C16H28O4S2. The van der Waals surface area contributed by atoms with Crippen molar-refractivity contribution in [3.63, 3.8) is 0 Å². The highest BCUT2D eigenvalue weighted by Crippen LogP contribution is 2.17. The fourth-order valence-corrected chi connectivity index (χ4v) is 2.76. The van der Waals surface area contributed by atoms with Gasteiger partial charge in [0.1, 0.15) is 11.7 Å². The van der Waals surface area contributed by atoms with E-state index in [0.717, 1.165) is 25.7 Å². The highest BCUT2D eigenvalue weighted by Gasteiger charge is 2.28. The Hall–Kier alpha value is -0.490. The first-order chi connectivity index (χ1) is 10.6. The number of rotatable bonds is 13. The molecule has 0 saturated carbocycles. The summed E-state index contributed by atoms with van der Waals surface area (Å²) in [4.78, 5) is 35.8. The first-order valence-corrected chi connectivity index (χ1v) is 10.6. The summed E-state index contributed by atoms with van der Waals surface area (Å²) in [5.41, 5.74) is 0. The van der Waals surface area contributed by atoms with Crippen LogP contribution in [0.4, 0.5) is 0 Å². The molecule has 0 aliphatic heterocycles. The lowest BCUT2D eigenvalue weighted by atomic mass is 9.95. The molecule has 0 aliphatic carbocycles. The normalized spacial score (nSPS) is 12.0. The molecule has 0 aromatic carbocycles. The van der Waals surface area contributed by atoms with E-state index in [1.165, 1.54) is 11.8 Å². The van der Waals surface area contributed by atoms with Crippen LogP contribution in [0.5, 0.6) is 0 Å². The van der Waals surface area contributed by atoms with Crippen LogP contribution in [-0.4, -0.2) is 41.7 Å². The minimum atomic E-state index is -0.776. The molecule has 0 bridgehead atoms. The molecular weight excluding hydrogens is 320 g/mol. The Balaban J connectivity index is 4.49. The molecule has 128 valence electrons. The van der Waals surface area contributed by atoms with Gasteiger partial charge in [-0.3, -0.25) is 14.4 Å². The number of hydrogen-bond acceptors (Lipinski definition) is 6. The van der Waals surface area contributed by atoms with Gasteiger partial charge in [0.15, 0.2) is 0 Å². The maximum Gasteiger partial charge on any atom is 0.324 e. The molecule has 0 heterocycles. The monoisotopic (exact) mass is 348 g/mol. The number of carbonyl (C=O) groups is 3. The third-order valence-corrected chi connectivity index (χ3v) is 4.52. The van der Waals surface area contributed by atoms with Gasteiger partial charge in [-0.15, -0.1) is 0 Å². The highest BCUT2D eigenvalue weighted by molar-refractivity contribution is 7.98. The molecule has 0 aliphatic rings. The van der Waals surface area contributed by atoms with Crippen molar-refractivity contribution in [3.8, 4) is 0 Å². The summed E-state index contributed by atoms with van der Waals surface area (Å²) in [7, 11) is 0. The number of Topliss-reactive ketones (excluding diaryl/α,β-unsaturated/α-hetero) is 1. The van der Waals surface area contributed by atoms with Gasteiger partial charge < -0.3 is 4.74 Å². The fourth-order valence-electron chi connectivity index (χ4n) is 1.98. The van der Waals surface area contributed by atoms with Crippen molar-refractivity contribution in [1.29, 1.82) is 0 Å². The third kappa shape index (κ3) is 10.3. The zero-order chi connectivity index (χ0) is 16.8. The van der Waals surface area contributed by atoms with Crippen molar-refractivity contribution in [3.05, 3.63) is 0 Å². The third-order valence-electron chi connectivity index (χ3n) is 3.30. The van der Waals surface area contributed by atoms with Gasteiger partial charge in [-0.25, -0.2) is 0 Å². The molecule has 0 aromatic heterocycles. The second kappa shape index (κ2) is 14.1. The molecule has 0 N–H and O–H groups in total. The minimum Gasteiger partial charge on any atom is -0.393 e. The van der Waals surface area contributed by atoms with Gasteiger partial charge in [0, 0.05) is 12.2 Å². The van der Waals surface area contributed by atoms with Gasteiger partial charge in [0.25, 0.3) is 0 Å². The molecule has 0 fully saturated rings. The second-order valence-corrected chi connectivity index (χ2v) is 7.12. The molecule has 0 radical (unpaired) electrons. The molecule has 6 heteroatoms. The van der Waals surface area contributed by atoms with Crippen molar-refractivity contribution in [2.45, 2.75) is 51.9 Å². The van der Waals surface area contributed by atoms with Gasteiger partial charge in [-0.05, 0) is 24.7 Å². The Morgan fingerprint density at radius 2 is 1.59 bits per heavy atom. The molecule has 0 aromatic rings. The Morgan fingerprint density at radius 3 is 2.18 bits per heavy atom. The van der Waals surface area contributed by atoms with E-state index in [2.05, 4.69) is 6.92 Å². The summed E-state index contributed by atoms with van der Waals surface area (Å²) in [5.74, 6) is -0.758. The summed E-state index contributed by atoms with van der Waals surface area (Å²) in [6.07, 6.45) is 8.86. The molecule has 1 unspecified atom stereocenters. The second-order valence-electron chi connectivity index (χ2n) is 5.15. The van der Waals surface area contributed by atoms with E-state index in [0.29, 0.717) is 24.3 Å². The van der Waals surface area contributed by atoms with Crippen molar-refractivity contribution in [2.75, 3.05) is 24.0 Å². The zero-order valence-corrected chi connectivity index (χ0v) is 15.5. The Labute approximate surface area is 142 Å². The molecule has 0 amide bonds. The highest BCUT2D eigenvalue weighted by atomic mass is 32.2. The summed E-state index contributed by atoms with van der Waals surface area (Å²) < 4.78 is 4.85. The van der Waals surface area contributed by atoms with Crippen LogP contribution >= 0.6 is 23.5 Å². The van der Waals surface area contributed by atoms with Crippen LogP contribution in [0.2, 0.25) is 0 Å². The van der Waals surface area contributed by atoms with E-state index >= 15 is 0 Å². The van der Waals surface area contributed by atoms with Crippen molar-refractivity contribution >= 4 is 41.2 Å². The molecule has 0 rings (SSSR count). The fraction of sp³-hybridized carbons (Fsp3) is 0.812. The Kier molecular flexibility index (Phi) is 13.8. The maximum atomic E-state index is 12.2. The number of ether oxygens (including phenoxy) is 1. The number of ketones is 1. The van der Waals surface area contributed by atoms with Crippen LogP contribution in [0.25, 0.3) is 0 Å². The van der Waals surface area contributed by atoms with E-state index in [1.54, 1.807) is 11.8 Å². The van der Waals surface area contributed by atoms with E-state index in [4.69, 9.17) is 4.74 Å². The average molecular weight is 349 g/mol. The van der Waals surface area contributed by atoms with Crippen LogP contribution < -0.4 is 0 Å². The van der Waals surface area contributed by atoms with Crippen LogP contribution in [0, 0.1) is 5.92 Å². The van der Waals surface area contributed by atoms with Gasteiger partial charge in [0.2, 0.25) is 0 Å². The lowest BCUT2D eigenvalue weighted by Gasteiger charge is -2.14. The smallest absolute Gasteiger partial charge is 0.324 e. The van der Waals surface area contributed by atoms with Crippen molar-refractivity contribution < 1.29 is 19.1 Å². The number of unbranched alkanes of at least 4 members (excludes halogenated alkanes) is 3. The van der Waals surface area contributed by atoms with Gasteiger partial charge in [-0.1, -0.05) is 32.6 Å². The zero-order valence-electron chi connectivity index (χ0n) is 13.9. The molecule has 1 atom stereocenters. The first-order valence-electron chi connectivity index (χ1n) is 7.81. The number of thioether (sulfide) groups is 2. The van der Waals surface area contributed by atoms with Gasteiger partial charge >= 0.3 is 11.9 Å². The summed E-state index contributed by atoms with van der Waals surface area (Å²) >= 11 is 3.09. The van der Waals surface area contributed by atoms with Crippen LogP contribution in [0.15, 0.2) is 0 Å². The van der Waals surface area contributed by atoms with Gasteiger partial charge in [-0.2, -0.15) is 23.5 Å². The predicted molar refractivity (Wildman–Crippen MR) is 94.4 cm³/mol. The van der Waals surface area contributed by atoms with Crippen LogP contribution in [0.3, 0.4) is 0 Å². The topological polar surface area (TPSA) is 60.4 Å². The molecule has 4 nitrogen and oxygen atoms in total. The van der Waals surface area contributed by atoms with Crippen molar-refractivity contribution in [1.82, 2.24) is 0 Å². The standard InChI is InChI=1S/C16H28O4S2/c1-4-5-6-7-8-13(14(17)9-11-21-2)16(19)20-15(18)10-12-22-3/h13H,4-12H2,1-3H3. The lowest BCUT2D eigenvalue weighted by Crippen LogP contribution is -2.28. The van der Waals surface area contributed by atoms with E-state index in [-0.39, 0.29) is 12.2 Å². The minimum absolute atomic E-state index is 0.103. The molecule has 0 spiro atoms.